The van der Waals surface area contributed by atoms with Crippen LogP contribution in [0, 0.1) is 6.92 Å². The zero-order chi connectivity index (χ0) is 25.1. The molecule has 2 aromatic carbocycles. The molecule has 0 aliphatic carbocycles. The maximum atomic E-state index is 13.8. The van der Waals surface area contributed by atoms with Crippen LogP contribution >= 0.6 is 23.4 Å². The lowest BCUT2D eigenvalue weighted by Crippen LogP contribution is -2.60. The fourth-order valence-electron chi connectivity index (χ4n) is 4.67. The number of carbonyl (C=O) groups excluding carboxylic acids is 1. The third-order valence-corrected chi connectivity index (χ3v) is 8.24. The van der Waals surface area contributed by atoms with Gasteiger partial charge in [-0.25, -0.2) is 0 Å². The summed E-state index contributed by atoms with van der Waals surface area (Å²) in [6.45, 7) is 2.10. The third-order valence-electron chi connectivity index (χ3n) is 6.61. The third kappa shape index (κ3) is 3.90. The van der Waals surface area contributed by atoms with Crippen molar-refractivity contribution in [3.63, 3.8) is 0 Å². The maximum absolute atomic E-state index is 13.8. The van der Waals surface area contributed by atoms with Crippen LogP contribution in [0.4, 0.5) is 13.2 Å². The summed E-state index contributed by atoms with van der Waals surface area (Å²) in [6.07, 6.45) is -3.17. The molecule has 3 aromatic rings. The van der Waals surface area contributed by atoms with Crippen molar-refractivity contribution in [2.45, 2.75) is 42.8 Å². The number of nitrogens with zero attached hydrogens (tertiary/aromatic N) is 3. The molecule has 5 rings (SSSR count). The van der Waals surface area contributed by atoms with Gasteiger partial charge < -0.3 is 4.90 Å². The first-order valence-corrected chi connectivity index (χ1v) is 12.3. The first-order valence-electron chi connectivity index (χ1n) is 11.0. The highest BCUT2D eigenvalue weighted by atomic mass is 35.5. The van der Waals surface area contributed by atoms with Gasteiger partial charge in [-0.05, 0) is 36.6 Å². The summed E-state index contributed by atoms with van der Waals surface area (Å²) in [4.78, 5) is 27.4. The molecule has 0 bridgehead atoms. The van der Waals surface area contributed by atoms with Crippen LogP contribution in [0.15, 0.2) is 64.4 Å². The summed E-state index contributed by atoms with van der Waals surface area (Å²) >= 11 is 8.14. The second-order valence-corrected chi connectivity index (χ2v) is 10.0. The first-order chi connectivity index (χ1) is 16.6. The van der Waals surface area contributed by atoms with Crippen LogP contribution in [0.2, 0.25) is 5.02 Å². The molecule has 0 saturated carbocycles. The highest BCUT2D eigenvalue weighted by Gasteiger charge is 2.47. The Kier molecular flexibility index (Phi) is 5.88. The molecule has 2 aliphatic rings. The number of halogens is 4. The standard InChI is InChI=1S/C25H21ClF3N3O2S/c1-14-20(33)10-11-31-21(14)24(34)30(15(2)25(27,28)29)13-32(31)22-17-7-4-3-6-16(17)12-35-23-18(22)8-5-9-19(23)26/h3-11,15,22H,12-13H2,1-2H3. The van der Waals surface area contributed by atoms with Crippen LogP contribution in [-0.4, -0.2) is 34.4 Å². The van der Waals surface area contributed by atoms with Gasteiger partial charge in [0.15, 0.2) is 5.43 Å². The lowest BCUT2D eigenvalue weighted by atomic mass is 9.94. The number of amides is 1. The van der Waals surface area contributed by atoms with E-state index in [0.29, 0.717) is 10.8 Å². The quantitative estimate of drug-likeness (QED) is 0.448. The molecule has 1 aromatic heterocycles. The van der Waals surface area contributed by atoms with Crippen LogP contribution in [-0.2, 0) is 5.75 Å². The average Bonchev–Trinajstić information content (AvgIpc) is 2.98. The largest absolute Gasteiger partial charge is 0.408 e. The molecule has 2 atom stereocenters. The van der Waals surface area contributed by atoms with Crippen molar-refractivity contribution in [2.75, 3.05) is 11.7 Å². The molecule has 0 N–H and O–H groups in total. The van der Waals surface area contributed by atoms with Crippen LogP contribution in [0.25, 0.3) is 0 Å². The zero-order valence-electron chi connectivity index (χ0n) is 18.8. The number of hydrogen-bond donors (Lipinski definition) is 0. The molecule has 10 heteroatoms. The Morgan fingerprint density at radius 2 is 1.77 bits per heavy atom. The smallest absolute Gasteiger partial charge is 0.306 e. The summed E-state index contributed by atoms with van der Waals surface area (Å²) in [6, 6.07) is 12.0. The Balaban J connectivity index is 1.79. The summed E-state index contributed by atoms with van der Waals surface area (Å²) in [5.41, 5.74) is 2.36. The molecular weight excluding hydrogens is 499 g/mol. The summed E-state index contributed by atoms with van der Waals surface area (Å²) in [5.74, 6) is -0.196. The van der Waals surface area contributed by atoms with Crippen LogP contribution < -0.4 is 10.4 Å². The van der Waals surface area contributed by atoms with Gasteiger partial charge in [0.1, 0.15) is 18.4 Å². The maximum Gasteiger partial charge on any atom is 0.408 e. The Hall–Kier alpha value is -2.91. The molecule has 0 spiro atoms. The van der Waals surface area contributed by atoms with E-state index < -0.39 is 29.6 Å². The average molecular weight is 520 g/mol. The number of pyridine rings is 1. The van der Waals surface area contributed by atoms with Gasteiger partial charge in [0.05, 0.1) is 11.1 Å². The number of benzene rings is 2. The van der Waals surface area contributed by atoms with Crippen molar-refractivity contribution in [1.82, 2.24) is 9.58 Å². The van der Waals surface area contributed by atoms with E-state index in [-0.39, 0.29) is 17.9 Å². The van der Waals surface area contributed by atoms with E-state index in [9.17, 15) is 22.8 Å². The van der Waals surface area contributed by atoms with E-state index in [2.05, 4.69) is 0 Å². The second-order valence-electron chi connectivity index (χ2n) is 8.62. The fraction of sp³-hybridized carbons (Fsp3) is 0.280. The molecule has 2 aliphatic heterocycles. The topological polar surface area (TPSA) is 45.6 Å². The van der Waals surface area contributed by atoms with Crippen LogP contribution in [0.5, 0.6) is 0 Å². The van der Waals surface area contributed by atoms with E-state index in [1.54, 1.807) is 22.8 Å². The molecule has 1 amide bonds. The summed E-state index contributed by atoms with van der Waals surface area (Å²) in [5, 5.41) is 2.26. The Morgan fingerprint density at radius 3 is 2.51 bits per heavy atom. The molecule has 0 fully saturated rings. The lowest BCUT2D eigenvalue weighted by molar-refractivity contribution is -0.173. The number of alkyl halides is 3. The number of carbonyl (C=O) groups is 1. The highest BCUT2D eigenvalue weighted by molar-refractivity contribution is 7.98. The molecule has 0 saturated heterocycles. The Morgan fingerprint density at radius 1 is 1.06 bits per heavy atom. The fourth-order valence-corrected chi connectivity index (χ4v) is 6.13. The second kappa shape index (κ2) is 8.64. The van der Waals surface area contributed by atoms with Gasteiger partial charge in [0.2, 0.25) is 0 Å². The van der Waals surface area contributed by atoms with Crippen molar-refractivity contribution in [3.05, 3.63) is 97.9 Å². The zero-order valence-corrected chi connectivity index (χ0v) is 20.4. The van der Waals surface area contributed by atoms with E-state index in [4.69, 9.17) is 11.6 Å². The minimum atomic E-state index is -4.63. The summed E-state index contributed by atoms with van der Waals surface area (Å²) < 4.78 is 43.0. The number of rotatable bonds is 2. The SMILES string of the molecule is Cc1c2n(ccc1=O)N(C1c3ccccc3CSc3c(Cl)cccc31)CN(C(C)C(F)(F)F)C2=O. The van der Waals surface area contributed by atoms with Gasteiger partial charge in [-0.1, -0.05) is 48.0 Å². The highest BCUT2D eigenvalue weighted by Crippen LogP contribution is 2.45. The minimum Gasteiger partial charge on any atom is -0.306 e. The van der Waals surface area contributed by atoms with E-state index in [1.807, 2.05) is 36.4 Å². The van der Waals surface area contributed by atoms with Crippen molar-refractivity contribution >= 4 is 29.3 Å². The van der Waals surface area contributed by atoms with Crippen molar-refractivity contribution in [1.29, 1.82) is 0 Å². The van der Waals surface area contributed by atoms with Gasteiger partial charge >= 0.3 is 6.18 Å². The monoisotopic (exact) mass is 519 g/mol. The van der Waals surface area contributed by atoms with Gasteiger partial charge in [0.25, 0.3) is 5.91 Å². The molecule has 0 radical (unpaired) electrons. The Bertz CT molecular complexity index is 1390. The molecule has 5 nitrogen and oxygen atoms in total. The van der Waals surface area contributed by atoms with Crippen LogP contribution in [0.3, 0.4) is 0 Å². The number of hydrogen-bond acceptors (Lipinski definition) is 4. The van der Waals surface area contributed by atoms with Gasteiger partial charge in [-0.15, -0.1) is 11.8 Å². The van der Waals surface area contributed by atoms with Crippen LogP contribution in [0.1, 0.15) is 45.7 Å². The van der Waals surface area contributed by atoms with E-state index in [0.717, 1.165) is 33.4 Å². The first kappa shape index (κ1) is 23.8. The van der Waals surface area contributed by atoms with Gasteiger partial charge in [-0.2, -0.15) is 13.2 Å². The van der Waals surface area contributed by atoms with Gasteiger partial charge in [-0.3, -0.25) is 19.3 Å². The van der Waals surface area contributed by atoms with Crippen molar-refractivity contribution < 1.29 is 18.0 Å². The van der Waals surface area contributed by atoms with Crippen molar-refractivity contribution in [3.8, 4) is 0 Å². The summed E-state index contributed by atoms with van der Waals surface area (Å²) in [7, 11) is 0. The lowest BCUT2D eigenvalue weighted by Gasteiger charge is -2.46. The molecule has 182 valence electrons. The normalized spacial score (nSPS) is 18.5. The molecular formula is C25H21ClF3N3O2S. The minimum absolute atomic E-state index is 0.0715. The van der Waals surface area contributed by atoms with Crippen molar-refractivity contribution in [2.24, 2.45) is 0 Å². The van der Waals surface area contributed by atoms with Gasteiger partial charge in [0, 0.05) is 28.5 Å². The number of aromatic nitrogens is 1. The molecule has 3 heterocycles. The van der Waals surface area contributed by atoms with E-state index >= 15 is 0 Å². The predicted octanol–water partition coefficient (Wildman–Crippen LogP) is 5.51. The molecule has 2 unspecified atom stereocenters. The number of fused-ring (bicyclic) bond motifs is 3. The number of thioether (sulfide) groups is 1. The Labute approximate surface area is 209 Å². The molecule has 35 heavy (non-hydrogen) atoms. The predicted molar refractivity (Wildman–Crippen MR) is 130 cm³/mol. The van der Waals surface area contributed by atoms with E-state index in [1.165, 1.54) is 23.9 Å².